The molecule has 1 aliphatic rings. The maximum atomic E-state index is 11.8. The normalized spacial score (nSPS) is 13.5. The third kappa shape index (κ3) is 2.72. The molecule has 2 rings (SSSR count). The van der Waals surface area contributed by atoms with Gasteiger partial charge in [-0.05, 0) is 39.0 Å². The lowest BCUT2D eigenvalue weighted by Crippen LogP contribution is -2.29. The minimum atomic E-state index is -0.621. The molecule has 0 atom stereocenters. The Bertz CT molecular complexity index is 456. The molecular weight excluding hydrogens is 252 g/mol. The predicted molar refractivity (Wildman–Crippen MR) is 69.1 cm³/mol. The monoisotopic (exact) mass is 268 g/mol. The lowest BCUT2D eigenvalue weighted by Gasteiger charge is -2.21. The molecule has 0 aromatic heterocycles. The van der Waals surface area contributed by atoms with Gasteiger partial charge in [0, 0.05) is 4.90 Å². The van der Waals surface area contributed by atoms with Crippen molar-refractivity contribution in [2.75, 3.05) is 13.4 Å². The van der Waals surface area contributed by atoms with Crippen LogP contribution in [0.3, 0.4) is 0 Å². The van der Waals surface area contributed by atoms with Crippen LogP contribution in [0.2, 0.25) is 0 Å². The Morgan fingerprint density at radius 1 is 1.39 bits per heavy atom. The number of thioether (sulfide) groups is 1. The summed E-state index contributed by atoms with van der Waals surface area (Å²) >= 11 is 1.45. The van der Waals surface area contributed by atoms with E-state index in [2.05, 4.69) is 0 Å². The molecule has 0 fully saturated rings. The van der Waals surface area contributed by atoms with E-state index in [-0.39, 0.29) is 12.8 Å². The molecule has 0 N–H and O–H groups in total. The van der Waals surface area contributed by atoms with Gasteiger partial charge in [-0.2, -0.15) is 0 Å². The topological polar surface area (TPSA) is 44.8 Å². The minimum absolute atomic E-state index is 0.215. The van der Waals surface area contributed by atoms with Gasteiger partial charge in [0.1, 0.15) is 4.75 Å². The highest BCUT2D eigenvalue weighted by Gasteiger charge is 2.31. The molecule has 0 unspecified atom stereocenters. The summed E-state index contributed by atoms with van der Waals surface area (Å²) in [5, 5.41) is 0. The fourth-order valence-electron chi connectivity index (χ4n) is 1.58. The number of hydrogen-bond donors (Lipinski definition) is 0. The van der Waals surface area contributed by atoms with Gasteiger partial charge >= 0.3 is 5.97 Å². The van der Waals surface area contributed by atoms with Gasteiger partial charge in [0.25, 0.3) is 0 Å². The molecule has 18 heavy (non-hydrogen) atoms. The van der Waals surface area contributed by atoms with Gasteiger partial charge in [-0.3, -0.25) is 4.79 Å². The first-order chi connectivity index (χ1) is 8.53. The minimum Gasteiger partial charge on any atom is -0.465 e. The van der Waals surface area contributed by atoms with Crippen molar-refractivity contribution in [2.24, 2.45) is 0 Å². The van der Waals surface area contributed by atoms with Crippen LogP contribution in [-0.2, 0) is 9.53 Å². The molecule has 0 radical (unpaired) electrons. The average Bonchev–Trinajstić information content (AvgIpc) is 2.76. The van der Waals surface area contributed by atoms with Gasteiger partial charge in [0.15, 0.2) is 11.5 Å². The van der Waals surface area contributed by atoms with Crippen LogP contribution in [0.4, 0.5) is 0 Å². The molecule has 5 heteroatoms. The summed E-state index contributed by atoms with van der Waals surface area (Å²) < 4.78 is 15.0. The Balaban J connectivity index is 2.11. The third-order valence-corrected chi connectivity index (χ3v) is 3.65. The van der Waals surface area contributed by atoms with Crippen LogP contribution in [0.25, 0.3) is 0 Å². The van der Waals surface area contributed by atoms with Crippen molar-refractivity contribution >= 4 is 17.7 Å². The van der Waals surface area contributed by atoms with Gasteiger partial charge in [-0.1, -0.05) is 0 Å². The first-order valence-electron chi connectivity index (χ1n) is 5.79. The second-order valence-electron chi connectivity index (χ2n) is 4.35. The SMILES string of the molecule is CCOC(=O)C(C)(C)Sc1ccc2c(c1)OCO2. The number of hydrogen-bond acceptors (Lipinski definition) is 5. The second kappa shape index (κ2) is 5.10. The van der Waals surface area contributed by atoms with Crippen molar-refractivity contribution in [3.63, 3.8) is 0 Å². The zero-order valence-electron chi connectivity index (χ0n) is 10.7. The van der Waals surface area contributed by atoms with Crippen molar-refractivity contribution in [3.05, 3.63) is 18.2 Å². The van der Waals surface area contributed by atoms with Crippen molar-refractivity contribution in [1.29, 1.82) is 0 Å². The van der Waals surface area contributed by atoms with Crippen LogP contribution in [0.5, 0.6) is 11.5 Å². The molecule has 1 aromatic carbocycles. The summed E-state index contributed by atoms with van der Waals surface area (Å²) in [7, 11) is 0. The standard InChI is InChI=1S/C13H16O4S/c1-4-15-12(14)13(2,3)18-9-5-6-10-11(7-9)17-8-16-10/h5-7H,4,8H2,1-3H3. The Labute approximate surface area is 111 Å². The molecule has 1 heterocycles. The highest BCUT2D eigenvalue weighted by atomic mass is 32.2. The van der Waals surface area contributed by atoms with Gasteiger partial charge in [-0.15, -0.1) is 11.8 Å². The van der Waals surface area contributed by atoms with Crippen LogP contribution in [0, 0.1) is 0 Å². The maximum Gasteiger partial charge on any atom is 0.321 e. The molecule has 0 aliphatic carbocycles. The molecule has 1 aliphatic heterocycles. The first-order valence-corrected chi connectivity index (χ1v) is 6.60. The molecular formula is C13H16O4S. The summed E-state index contributed by atoms with van der Waals surface area (Å²) in [5.41, 5.74) is 0. The Morgan fingerprint density at radius 3 is 2.83 bits per heavy atom. The number of rotatable bonds is 4. The van der Waals surface area contributed by atoms with E-state index in [9.17, 15) is 4.79 Å². The molecule has 0 saturated heterocycles. The molecule has 98 valence electrons. The number of carbonyl (C=O) groups is 1. The van der Waals surface area contributed by atoms with Gasteiger partial charge in [0.05, 0.1) is 6.61 Å². The van der Waals surface area contributed by atoms with E-state index in [1.54, 1.807) is 6.92 Å². The van der Waals surface area contributed by atoms with Crippen LogP contribution in [-0.4, -0.2) is 24.1 Å². The zero-order chi connectivity index (χ0) is 13.2. The highest BCUT2D eigenvalue weighted by Crippen LogP contribution is 2.40. The van der Waals surface area contributed by atoms with E-state index in [0.717, 1.165) is 16.4 Å². The smallest absolute Gasteiger partial charge is 0.321 e. The van der Waals surface area contributed by atoms with E-state index < -0.39 is 4.75 Å². The van der Waals surface area contributed by atoms with Crippen LogP contribution >= 0.6 is 11.8 Å². The molecule has 0 spiro atoms. The number of benzene rings is 1. The molecule has 1 aromatic rings. The van der Waals surface area contributed by atoms with Crippen molar-refractivity contribution in [3.8, 4) is 11.5 Å². The fourth-order valence-corrected chi connectivity index (χ4v) is 2.62. The van der Waals surface area contributed by atoms with E-state index >= 15 is 0 Å². The van der Waals surface area contributed by atoms with Gasteiger partial charge in [0.2, 0.25) is 6.79 Å². The summed E-state index contributed by atoms with van der Waals surface area (Å²) in [6.07, 6.45) is 0. The number of carbonyl (C=O) groups excluding carboxylic acids is 1. The third-order valence-electron chi connectivity index (χ3n) is 2.48. The number of ether oxygens (including phenoxy) is 3. The summed E-state index contributed by atoms with van der Waals surface area (Å²) in [4.78, 5) is 12.8. The van der Waals surface area contributed by atoms with Crippen molar-refractivity contribution in [1.82, 2.24) is 0 Å². The van der Waals surface area contributed by atoms with E-state index in [1.807, 2.05) is 32.0 Å². The summed E-state index contributed by atoms with van der Waals surface area (Å²) in [5.74, 6) is 1.25. The maximum absolute atomic E-state index is 11.8. The van der Waals surface area contributed by atoms with E-state index in [0.29, 0.717) is 6.61 Å². The first kappa shape index (κ1) is 13.1. The van der Waals surface area contributed by atoms with Crippen molar-refractivity contribution < 1.29 is 19.0 Å². The summed E-state index contributed by atoms with van der Waals surface area (Å²) in [6, 6.07) is 5.65. The lowest BCUT2D eigenvalue weighted by molar-refractivity contribution is -0.145. The predicted octanol–water partition coefficient (Wildman–Crippen LogP) is 2.85. The molecule has 4 nitrogen and oxygen atoms in total. The van der Waals surface area contributed by atoms with Crippen LogP contribution < -0.4 is 9.47 Å². The second-order valence-corrected chi connectivity index (χ2v) is 6.04. The fraction of sp³-hybridized carbons (Fsp3) is 0.462. The quantitative estimate of drug-likeness (QED) is 0.620. The zero-order valence-corrected chi connectivity index (χ0v) is 11.5. The molecule has 0 amide bonds. The molecule has 0 bridgehead atoms. The number of esters is 1. The van der Waals surface area contributed by atoms with Crippen LogP contribution in [0.1, 0.15) is 20.8 Å². The Kier molecular flexibility index (Phi) is 3.71. The van der Waals surface area contributed by atoms with E-state index in [1.165, 1.54) is 11.8 Å². The lowest BCUT2D eigenvalue weighted by atomic mass is 10.2. The Morgan fingerprint density at radius 2 is 2.11 bits per heavy atom. The number of fused-ring (bicyclic) bond motifs is 1. The summed E-state index contributed by atoms with van der Waals surface area (Å²) in [6.45, 7) is 6.15. The van der Waals surface area contributed by atoms with Crippen LogP contribution in [0.15, 0.2) is 23.1 Å². The van der Waals surface area contributed by atoms with Crippen molar-refractivity contribution in [2.45, 2.75) is 30.4 Å². The highest BCUT2D eigenvalue weighted by molar-refractivity contribution is 8.01. The Hall–Kier alpha value is -1.36. The van der Waals surface area contributed by atoms with Gasteiger partial charge < -0.3 is 14.2 Å². The van der Waals surface area contributed by atoms with Gasteiger partial charge in [-0.25, -0.2) is 0 Å². The largest absolute Gasteiger partial charge is 0.465 e. The average molecular weight is 268 g/mol. The molecule has 0 saturated carbocycles. The van der Waals surface area contributed by atoms with E-state index in [4.69, 9.17) is 14.2 Å².